The second-order valence-electron chi connectivity index (χ2n) is 3.77. The molecule has 0 radical (unpaired) electrons. The van der Waals surface area contributed by atoms with Crippen LogP contribution in [0.1, 0.15) is 20.3 Å². The first-order chi connectivity index (χ1) is 7.34. The van der Waals surface area contributed by atoms with Crippen molar-refractivity contribution in [1.29, 1.82) is 0 Å². The first-order valence-electron chi connectivity index (χ1n) is 4.80. The maximum Gasteiger partial charge on any atom is 0.320 e. The van der Waals surface area contributed by atoms with Crippen molar-refractivity contribution in [3.63, 3.8) is 0 Å². The zero-order valence-electron chi connectivity index (χ0n) is 9.11. The lowest BCUT2D eigenvalue weighted by atomic mass is 9.87. The van der Waals surface area contributed by atoms with Crippen LogP contribution in [0.4, 0.5) is 0 Å². The molecule has 86 valence electrons. The van der Waals surface area contributed by atoms with E-state index in [2.05, 4.69) is 0 Å². The number of carbonyl (C=O) groups excluding carboxylic acids is 2. The van der Waals surface area contributed by atoms with Crippen LogP contribution in [0.3, 0.4) is 0 Å². The molecule has 0 bridgehead atoms. The van der Waals surface area contributed by atoms with Crippen LogP contribution in [0.5, 0.6) is 0 Å². The van der Waals surface area contributed by atoms with E-state index < -0.39 is 12.0 Å². The summed E-state index contributed by atoms with van der Waals surface area (Å²) in [6, 6.07) is -1.16. The lowest BCUT2D eigenvalue weighted by Crippen LogP contribution is -2.33. The fourth-order valence-electron chi connectivity index (χ4n) is 1.48. The molecule has 0 amide bonds. The minimum atomic E-state index is -1.19. The highest BCUT2D eigenvalue weighted by molar-refractivity contribution is 6.22. The molecule has 1 atom stereocenters. The molecule has 1 aliphatic carbocycles. The van der Waals surface area contributed by atoms with Crippen molar-refractivity contribution in [3.8, 4) is 0 Å². The monoisotopic (exact) mass is 223 g/mol. The maximum atomic E-state index is 11.7. The number of nitrogens with two attached hydrogens (primary N) is 1. The Kier molecular flexibility index (Phi) is 3.39. The van der Waals surface area contributed by atoms with Gasteiger partial charge in [-0.15, -0.1) is 0 Å². The summed E-state index contributed by atoms with van der Waals surface area (Å²) in [6.45, 7) is 3.03. The van der Waals surface area contributed by atoms with E-state index in [4.69, 9.17) is 10.8 Å². The lowest BCUT2D eigenvalue weighted by molar-refractivity contribution is -0.138. The van der Waals surface area contributed by atoms with Gasteiger partial charge in [0.2, 0.25) is 0 Å². The van der Waals surface area contributed by atoms with Gasteiger partial charge in [0, 0.05) is 23.1 Å². The smallest absolute Gasteiger partial charge is 0.320 e. The number of hydrogen-bond donors (Lipinski definition) is 2. The molecule has 0 heterocycles. The third kappa shape index (κ3) is 2.25. The second kappa shape index (κ2) is 4.40. The van der Waals surface area contributed by atoms with E-state index in [9.17, 15) is 14.4 Å². The van der Waals surface area contributed by atoms with E-state index in [-0.39, 0.29) is 29.1 Å². The van der Waals surface area contributed by atoms with Crippen LogP contribution in [0.15, 0.2) is 22.8 Å². The van der Waals surface area contributed by atoms with Gasteiger partial charge in [-0.2, -0.15) is 0 Å². The van der Waals surface area contributed by atoms with Crippen molar-refractivity contribution < 1.29 is 19.5 Å². The summed E-state index contributed by atoms with van der Waals surface area (Å²) >= 11 is 0. The van der Waals surface area contributed by atoms with E-state index in [0.717, 1.165) is 0 Å². The van der Waals surface area contributed by atoms with Crippen LogP contribution < -0.4 is 5.73 Å². The Balaban J connectivity index is 3.02. The van der Waals surface area contributed by atoms with Crippen molar-refractivity contribution in [2.75, 3.05) is 0 Å². The highest BCUT2D eigenvalue weighted by Gasteiger charge is 2.26. The maximum absolute atomic E-state index is 11.7. The molecule has 0 saturated heterocycles. The number of carbonyl (C=O) groups is 3. The molecule has 1 rings (SSSR count). The van der Waals surface area contributed by atoms with Crippen LogP contribution in [-0.2, 0) is 14.4 Å². The van der Waals surface area contributed by atoms with Crippen LogP contribution in [0, 0.1) is 0 Å². The van der Waals surface area contributed by atoms with E-state index in [0.29, 0.717) is 5.57 Å². The van der Waals surface area contributed by atoms with Gasteiger partial charge in [0.1, 0.15) is 6.04 Å². The molecule has 0 spiro atoms. The van der Waals surface area contributed by atoms with E-state index in [1.54, 1.807) is 0 Å². The normalized spacial score (nSPS) is 18.6. The van der Waals surface area contributed by atoms with Crippen molar-refractivity contribution in [2.24, 2.45) is 5.73 Å². The standard InChI is InChI=1S/C11H13NO4/c1-5-3-9(13)6(2)7(10(5)14)4-8(12)11(15)16/h3,8H,4,12H2,1-2H3,(H,15,16). The van der Waals surface area contributed by atoms with Crippen molar-refractivity contribution >= 4 is 17.5 Å². The molecule has 0 aromatic rings. The van der Waals surface area contributed by atoms with Gasteiger partial charge in [-0.05, 0) is 19.9 Å². The van der Waals surface area contributed by atoms with Crippen LogP contribution in [-0.4, -0.2) is 28.7 Å². The first kappa shape index (κ1) is 12.3. The molecular formula is C11H13NO4. The Bertz CT molecular complexity index is 431. The number of rotatable bonds is 3. The lowest BCUT2D eigenvalue weighted by Gasteiger charge is -2.16. The molecule has 0 aromatic heterocycles. The van der Waals surface area contributed by atoms with Crippen LogP contribution >= 0.6 is 0 Å². The summed E-state index contributed by atoms with van der Waals surface area (Å²) in [5.41, 5.74) is 6.16. The van der Waals surface area contributed by atoms with Crippen molar-refractivity contribution in [1.82, 2.24) is 0 Å². The number of hydrogen-bond acceptors (Lipinski definition) is 4. The summed E-state index contributed by atoms with van der Waals surface area (Å²) in [7, 11) is 0. The van der Waals surface area contributed by atoms with Crippen LogP contribution in [0.2, 0.25) is 0 Å². The molecule has 16 heavy (non-hydrogen) atoms. The molecule has 1 aliphatic rings. The third-order valence-corrected chi connectivity index (χ3v) is 2.54. The molecule has 0 aliphatic heterocycles. The number of carboxylic acid groups (broad SMARTS) is 1. The Hall–Kier alpha value is -1.75. The summed E-state index contributed by atoms with van der Waals surface area (Å²) in [5, 5.41) is 8.66. The number of ketones is 2. The van der Waals surface area contributed by atoms with Crippen molar-refractivity contribution in [2.45, 2.75) is 26.3 Å². The van der Waals surface area contributed by atoms with Gasteiger partial charge in [0.25, 0.3) is 0 Å². The minimum Gasteiger partial charge on any atom is -0.480 e. The predicted octanol–water partition coefficient (Wildman–Crippen LogP) is 0.203. The molecular weight excluding hydrogens is 210 g/mol. The van der Waals surface area contributed by atoms with Gasteiger partial charge in [-0.3, -0.25) is 14.4 Å². The molecule has 3 N–H and O–H groups in total. The molecule has 5 nitrogen and oxygen atoms in total. The Morgan fingerprint density at radius 2 is 2.00 bits per heavy atom. The SMILES string of the molecule is CC1=CC(=O)C(C)=C(CC(N)C(=O)O)C1=O. The molecule has 0 saturated carbocycles. The van der Waals surface area contributed by atoms with Gasteiger partial charge in [-0.25, -0.2) is 0 Å². The Morgan fingerprint density at radius 1 is 1.44 bits per heavy atom. The van der Waals surface area contributed by atoms with E-state index in [1.807, 2.05) is 0 Å². The zero-order valence-corrected chi connectivity index (χ0v) is 9.11. The highest BCUT2D eigenvalue weighted by Crippen LogP contribution is 2.22. The highest BCUT2D eigenvalue weighted by atomic mass is 16.4. The number of allylic oxidation sites excluding steroid dienone is 3. The predicted molar refractivity (Wildman–Crippen MR) is 56.7 cm³/mol. The number of aliphatic carboxylic acids is 1. The van der Waals surface area contributed by atoms with Crippen molar-refractivity contribution in [3.05, 3.63) is 22.8 Å². The summed E-state index contributed by atoms with van der Waals surface area (Å²) in [5.74, 6) is -1.74. The van der Waals surface area contributed by atoms with Gasteiger partial charge in [0.05, 0.1) is 0 Å². The Morgan fingerprint density at radius 3 is 2.50 bits per heavy atom. The van der Waals surface area contributed by atoms with Crippen LogP contribution in [0.25, 0.3) is 0 Å². The molecule has 1 unspecified atom stereocenters. The van der Waals surface area contributed by atoms with Gasteiger partial charge in [-0.1, -0.05) is 0 Å². The fourth-order valence-corrected chi connectivity index (χ4v) is 1.48. The average Bonchev–Trinajstić information content (AvgIpc) is 2.21. The zero-order chi connectivity index (χ0) is 12.5. The molecule has 5 heteroatoms. The average molecular weight is 223 g/mol. The van der Waals surface area contributed by atoms with E-state index in [1.165, 1.54) is 19.9 Å². The fraction of sp³-hybridized carbons (Fsp3) is 0.364. The molecule has 0 fully saturated rings. The van der Waals surface area contributed by atoms with Gasteiger partial charge in [0.15, 0.2) is 11.6 Å². The number of Topliss-reactive ketones (excluding diaryl/α,β-unsaturated/α-hetero) is 1. The third-order valence-electron chi connectivity index (χ3n) is 2.54. The number of carboxylic acids is 1. The van der Waals surface area contributed by atoms with Gasteiger partial charge >= 0.3 is 5.97 Å². The topological polar surface area (TPSA) is 97.5 Å². The largest absolute Gasteiger partial charge is 0.480 e. The van der Waals surface area contributed by atoms with Gasteiger partial charge < -0.3 is 10.8 Å². The summed E-state index contributed by atoms with van der Waals surface area (Å²) < 4.78 is 0. The molecule has 0 aromatic carbocycles. The quantitative estimate of drug-likeness (QED) is 0.666. The summed E-state index contributed by atoms with van der Waals surface area (Å²) in [6.07, 6.45) is 1.14. The minimum absolute atomic E-state index is 0.114. The summed E-state index contributed by atoms with van der Waals surface area (Å²) in [4.78, 5) is 33.7. The van der Waals surface area contributed by atoms with E-state index >= 15 is 0 Å². The second-order valence-corrected chi connectivity index (χ2v) is 3.77. The first-order valence-corrected chi connectivity index (χ1v) is 4.80. The Labute approximate surface area is 92.6 Å².